The molecule has 3 rings (SSSR count). The number of fused-ring (bicyclic) bond motifs is 1. The van der Waals surface area contributed by atoms with Gasteiger partial charge in [-0.3, -0.25) is 4.40 Å². The largest absolute Gasteiger partial charge is 0.288 e. The second-order valence-corrected chi connectivity index (χ2v) is 5.90. The Kier molecular flexibility index (Phi) is 3.97. The van der Waals surface area contributed by atoms with Gasteiger partial charge in [-0.2, -0.15) is 0 Å². The van der Waals surface area contributed by atoms with E-state index in [1.807, 2.05) is 6.07 Å². The highest BCUT2D eigenvalue weighted by molar-refractivity contribution is 7.98. The van der Waals surface area contributed by atoms with Crippen molar-refractivity contribution in [3.63, 3.8) is 0 Å². The predicted molar refractivity (Wildman–Crippen MR) is 88.1 cm³/mol. The number of rotatable bonds is 4. The third-order valence-electron chi connectivity index (χ3n) is 3.77. The van der Waals surface area contributed by atoms with Crippen molar-refractivity contribution in [2.45, 2.75) is 31.7 Å². The van der Waals surface area contributed by atoms with Crippen molar-refractivity contribution in [3.05, 3.63) is 59.0 Å². The van der Waals surface area contributed by atoms with Crippen LogP contribution in [-0.4, -0.2) is 20.6 Å². The summed E-state index contributed by atoms with van der Waals surface area (Å²) in [6.45, 7) is 4.33. The molecule has 0 spiro atoms. The molecular formula is C17H19N3S. The first-order valence-corrected chi connectivity index (χ1v) is 8.40. The Morgan fingerprint density at radius 1 is 1.14 bits per heavy atom. The summed E-state index contributed by atoms with van der Waals surface area (Å²) in [5.74, 6) is 0.806. The lowest BCUT2D eigenvalue weighted by molar-refractivity contribution is 0.896. The number of imidazole rings is 1. The lowest BCUT2D eigenvalue weighted by Crippen LogP contribution is -2.02. The molecule has 0 fully saturated rings. The van der Waals surface area contributed by atoms with Crippen LogP contribution in [0.5, 0.6) is 0 Å². The van der Waals surface area contributed by atoms with Crippen molar-refractivity contribution in [2.24, 2.45) is 0 Å². The fraction of sp³-hybridized carbons (Fsp3) is 0.294. The molecule has 4 heteroatoms. The van der Waals surface area contributed by atoms with Crippen LogP contribution in [0, 0.1) is 6.92 Å². The van der Waals surface area contributed by atoms with Crippen molar-refractivity contribution in [3.8, 4) is 0 Å². The normalized spacial score (nSPS) is 11.2. The molecule has 0 radical (unpaired) electrons. The second kappa shape index (κ2) is 5.90. The van der Waals surface area contributed by atoms with Gasteiger partial charge in [0.05, 0.1) is 5.69 Å². The van der Waals surface area contributed by atoms with Crippen LogP contribution >= 0.6 is 11.8 Å². The van der Waals surface area contributed by atoms with Gasteiger partial charge in [0.15, 0.2) is 0 Å². The van der Waals surface area contributed by atoms with Crippen LogP contribution in [0.15, 0.2) is 41.6 Å². The molecule has 0 aliphatic carbocycles. The van der Waals surface area contributed by atoms with E-state index in [1.54, 1.807) is 11.8 Å². The van der Waals surface area contributed by atoms with Crippen LogP contribution < -0.4 is 0 Å². The van der Waals surface area contributed by atoms with E-state index in [-0.39, 0.29) is 0 Å². The monoisotopic (exact) mass is 297 g/mol. The molecule has 0 atom stereocenters. The molecule has 3 nitrogen and oxygen atoms in total. The average Bonchev–Trinajstić information content (AvgIpc) is 2.91. The smallest absolute Gasteiger partial charge is 0.235 e. The molecule has 0 aliphatic rings. The van der Waals surface area contributed by atoms with E-state index in [9.17, 15) is 0 Å². The predicted octanol–water partition coefficient (Wildman–Crippen LogP) is 3.91. The number of hydrogen-bond acceptors (Lipinski definition) is 3. The van der Waals surface area contributed by atoms with Gasteiger partial charge in [0.2, 0.25) is 5.78 Å². The van der Waals surface area contributed by atoms with Gasteiger partial charge in [-0.05, 0) is 25.2 Å². The summed E-state index contributed by atoms with van der Waals surface area (Å²) in [7, 11) is 0. The van der Waals surface area contributed by atoms with E-state index in [1.165, 1.54) is 16.8 Å². The van der Waals surface area contributed by atoms with E-state index >= 15 is 0 Å². The number of aromatic nitrogens is 3. The van der Waals surface area contributed by atoms with Gasteiger partial charge >= 0.3 is 0 Å². The molecule has 0 saturated carbocycles. The molecule has 0 amide bonds. The highest BCUT2D eigenvalue weighted by atomic mass is 32.2. The van der Waals surface area contributed by atoms with Crippen molar-refractivity contribution >= 4 is 17.5 Å². The summed E-state index contributed by atoms with van der Waals surface area (Å²) in [6, 6.07) is 10.4. The number of thioether (sulfide) groups is 1. The molecule has 0 aliphatic heterocycles. The first-order valence-electron chi connectivity index (χ1n) is 7.18. The Hall–Kier alpha value is -1.81. The van der Waals surface area contributed by atoms with E-state index in [0.717, 1.165) is 29.3 Å². The summed E-state index contributed by atoms with van der Waals surface area (Å²) >= 11 is 1.70. The number of benzene rings is 1. The van der Waals surface area contributed by atoms with E-state index in [0.29, 0.717) is 0 Å². The molecule has 1 aromatic carbocycles. The van der Waals surface area contributed by atoms with E-state index in [4.69, 9.17) is 9.97 Å². The minimum absolute atomic E-state index is 0.806. The molecule has 21 heavy (non-hydrogen) atoms. The molecule has 0 unspecified atom stereocenters. The van der Waals surface area contributed by atoms with Gasteiger partial charge < -0.3 is 0 Å². The summed E-state index contributed by atoms with van der Waals surface area (Å²) in [5.41, 5.74) is 4.91. The quantitative estimate of drug-likeness (QED) is 0.540. The van der Waals surface area contributed by atoms with Crippen LogP contribution in [0.25, 0.3) is 5.78 Å². The molecule has 108 valence electrons. The van der Waals surface area contributed by atoms with Crippen LogP contribution in [0.1, 0.15) is 29.4 Å². The Labute approximate surface area is 129 Å². The zero-order valence-electron chi connectivity index (χ0n) is 12.6. The summed E-state index contributed by atoms with van der Waals surface area (Å²) in [6.07, 6.45) is 6.04. The fourth-order valence-electron chi connectivity index (χ4n) is 2.67. The topological polar surface area (TPSA) is 30.2 Å². The van der Waals surface area contributed by atoms with Crippen LogP contribution in [0.4, 0.5) is 0 Å². The highest BCUT2D eigenvalue weighted by Gasteiger charge is 2.12. The Bertz CT molecular complexity index is 763. The van der Waals surface area contributed by atoms with Gasteiger partial charge in [-0.15, -0.1) is 11.8 Å². The number of hydrogen-bond donors (Lipinski definition) is 0. The summed E-state index contributed by atoms with van der Waals surface area (Å²) < 4.78 is 2.12. The second-order valence-electron chi connectivity index (χ2n) is 5.10. The van der Waals surface area contributed by atoms with Crippen molar-refractivity contribution in [1.29, 1.82) is 0 Å². The lowest BCUT2D eigenvalue weighted by atomic mass is 10.1. The first kappa shape index (κ1) is 14.1. The first-order chi connectivity index (χ1) is 10.2. The zero-order chi connectivity index (χ0) is 14.8. The molecule has 0 N–H and O–H groups in total. The Balaban J connectivity index is 2.06. The third kappa shape index (κ3) is 2.68. The van der Waals surface area contributed by atoms with Crippen LogP contribution in [0.2, 0.25) is 0 Å². The number of aryl methyl sites for hydroxylation is 1. The summed E-state index contributed by atoms with van der Waals surface area (Å²) in [5, 5.41) is 1.10. The SMILES string of the molecule is CCc1c(SC)nc2nc(Cc3ccccc3)cn2c1C. The lowest BCUT2D eigenvalue weighted by Gasteiger charge is -2.09. The maximum absolute atomic E-state index is 4.70. The average molecular weight is 297 g/mol. The van der Waals surface area contributed by atoms with Crippen LogP contribution in [-0.2, 0) is 12.8 Å². The maximum Gasteiger partial charge on any atom is 0.235 e. The number of nitrogens with zero attached hydrogens (tertiary/aromatic N) is 3. The van der Waals surface area contributed by atoms with Gasteiger partial charge in [0.1, 0.15) is 5.03 Å². The van der Waals surface area contributed by atoms with E-state index < -0.39 is 0 Å². The Morgan fingerprint density at radius 3 is 2.57 bits per heavy atom. The van der Waals surface area contributed by atoms with Gasteiger partial charge in [-0.1, -0.05) is 37.3 Å². The highest BCUT2D eigenvalue weighted by Crippen LogP contribution is 2.23. The summed E-state index contributed by atoms with van der Waals surface area (Å²) in [4.78, 5) is 9.39. The van der Waals surface area contributed by atoms with Crippen molar-refractivity contribution < 1.29 is 0 Å². The Morgan fingerprint density at radius 2 is 1.90 bits per heavy atom. The van der Waals surface area contributed by atoms with Gasteiger partial charge in [-0.25, -0.2) is 9.97 Å². The standard InChI is InChI=1S/C17H19N3S/c1-4-15-12(2)20-11-14(10-13-8-6-5-7-9-13)18-17(20)19-16(15)21-3/h5-9,11H,4,10H2,1-3H3. The molecule has 3 aromatic rings. The van der Waals surface area contributed by atoms with Gasteiger partial charge in [0.25, 0.3) is 0 Å². The zero-order valence-corrected chi connectivity index (χ0v) is 13.4. The molecular weight excluding hydrogens is 278 g/mol. The minimum Gasteiger partial charge on any atom is -0.288 e. The van der Waals surface area contributed by atoms with Gasteiger partial charge in [0, 0.05) is 23.9 Å². The maximum atomic E-state index is 4.70. The van der Waals surface area contributed by atoms with Crippen molar-refractivity contribution in [2.75, 3.05) is 6.26 Å². The van der Waals surface area contributed by atoms with Crippen molar-refractivity contribution in [1.82, 2.24) is 14.4 Å². The van der Waals surface area contributed by atoms with Crippen LogP contribution in [0.3, 0.4) is 0 Å². The fourth-order valence-corrected chi connectivity index (χ4v) is 3.38. The van der Waals surface area contributed by atoms with E-state index in [2.05, 4.69) is 55.0 Å². The molecule has 0 saturated heterocycles. The third-order valence-corrected chi connectivity index (χ3v) is 4.49. The molecule has 2 aromatic heterocycles. The minimum atomic E-state index is 0.806. The molecule has 0 bridgehead atoms. The molecule has 2 heterocycles.